The molecule has 2 fully saturated rings. The summed E-state index contributed by atoms with van der Waals surface area (Å²) in [5.41, 5.74) is -2.45. The monoisotopic (exact) mass is 561 g/mol. The fraction of sp³-hybridized carbons (Fsp3) is 0.462. The van der Waals surface area contributed by atoms with Crippen LogP contribution in [0.4, 0.5) is 26.3 Å². The Hall–Kier alpha value is -2.79. The minimum Gasteiger partial charge on any atom is -0.352 e. The third kappa shape index (κ3) is 6.26. The first-order valence-corrected chi connectivity index (χ1v) is 12.5. The Morgan fingerprint density at radius 2 is 1.61 bits per heavy atom. The van der Waals surface area contributed by atoms with Gasteiger partial charge in [-0.05, 0) is 67.6 Å². The van der Waals surface area contributed by atoms with Crippen LogP contribution in [0.3, 0.4) is 0 Å². The van der Waals surface area contributed by atoms with Crippen LogP contribution in [-0.2, 0) is 12.4 Å². The minimum absolute atomic E-state index is 0.00191. The number of hydrogen-bond acceptors (Lipinski definition) is 3. The van der Waals surface area contributed by atoms with Gasteiger partial charge in [0.2, 0.25) is 0 Å². The normalized spacial score (nSPS) is 20.1. The van der Waals surface area contributed by atoms with Crippen molar-refractivity contribution in [3.8, 4) is 0 Å². The van der Waals surface area contributed by atoms with Crippen molar-refractivity contribution >= 4 is 23.4 Å². The van der Waals surface area contributed by atoms with E-state index in [0.717, 1.165) is 5.56 Å². The molecular formula is C26H26ClF6N3O2. The van der Waals surface area contributed by atoms with Crippen molar-refractivity contribution in [2.75, 3.05) is 39.3 Å². The summed E-state index contributed by atoms with van der Waals surface area (Å²) < 4.78 is 79.3. The molecule has 4 rings (SSSR count). The Bertz CT molecular complexity index is 1200. The molecule has 2 aliphatic heterocycles. The van der Waals surface area contributed by atoms with Crippen molar-refractivity contribution in [3.05, 3.63) is 69.2 Å². The van der Waals surface area contributed by atoms with Crippen LogP contribution in [0.1, 0.15) is 43.8 Å². The number of amides is 2. The molecule has 2 aromatic carbocycles. The molecule has 2 amide bonds. The standard InChI is InChI=1S/C26H26ClF6N3O2/c1-15-3-4-16(9-22(15)27)23(37)34-7-2-8-35-11-17-13-36(14-18(17)12-35)24(38)20-6-5-19(25(28,29)30)10-21(20)26(31,32)33/h3-6,9-10,17-18H,2,7-8,11-14H2,1H3,(H,34,37). The highest BCUT2D eigenvalue weighted by Gasteiger charge is 2.44. The predicted octanol–water partition coefficient (Wildman–Crippen LogP) is 5.51. The highest BCUT2D eigenvalue weighted by Crippen LogP contribution is 2.39. The maximum absolute atomic E-state index is 13.5. The summed E-state index contributed by atoms with van der Waals surface area (Å²) in [4.78, 5) is 28.7. The molecule has 0 aliphatic carbocycles. The molecular weight excluding hydrogens is 536 g/mol. The van der Waals surface area contributed by atoms with Gasteiger partial charge in [-0.2, -0.15) is 26.3 Å². The first kappa shape index (κ1) is 28.2. The van der Waals surface area contributed by atoms with Gasteiger partial charge in [0.1, 0.15) is 0 Å². The molecule has 206 valence electrons. The van der Waals surface area contributed by atoms with Gasteiger partial charge in [0.15, 0.2) is 0 Å². The van der Waals surface area contributed by atoms with Gasteiger partial charge >= 0.3 is 12.4 Å². The van der Waals surface area contributed by atoms with Crippen molar-refractivity contribution in [3.63, 3.8) is 0 Å². The fourth-order valence-electron chi connectivity index (χ4n) is 5.09. The van der Waals surface area contributed by atoms with Crippen LogP contribution in [0.15, 0.2) is 36.4 Å². The maximum Gasteiger partial charge on any atom is 0.417 e. The molecule has 2 aromatic rings. The molecule has 2 saturated heterocycles. The van der Waals surface area contributed by atoms with Gasteiger partial charge in [0, 0.05) is 43.3 Å². The molecule has 2 heterocycles. The van der Waals surface area contributed by atoms with Crippen LogP contribution in [0.2, 0.25) is 5.02 Å². The zero-order valence-electron chi connectivity index (χ0n) is 20.4. The smallest absolute Gasteiger partial charge is 0.352 e. The Kier molecular flexibility index (Phi) is 7.99. The highest BCUT2D eigenvalue weighted by molar-refractivity contribution is 6.31. The molecule has 0 aromatic heterocycles. The summed E-state index contributed by atoms with van der Waals surface area (Å²) in [7, 11) is 0. The van der Waals surface area contributed by atoms with Gasteiger partial charge in [-0.15, -0.1) is 0 Å². The van der Waals surface area contributed by atoms with E-state index in [4.69, 9.17) is 11.6 Å². The van der Waals surface area contributed by atoms with E-state index >= 15 is 0 Å². The van der Waals surface area contributed by atoms with Crippen LogP contribution in [0.25, 0.3) is 0 Å². The second-order valence-corrected chi connectivity index (χ2v) is 10.2. The third-order valence-electron chi connectivity index (χ3n) is 7.10. The topological polar surface area (TPSA) is 52.7 Å². The lowest BCUT2D eigenvalue weighted by molar-refractivity contribution is -0.143. The number of benzene rings is 2. The lowest BCUT2D eigenvalue weighted by atomic mass is 10.0. The number of carbonyl (C=O) groups excluding carboxylic acids is 2. The van der Waals surface area contributed by atoms with Crippen molar-refractivity contribution in [2.24, 2.45) is 11.8 Å². The van der Waals surface area contributed by atoms with E-state index in [1.54, 1.807) is 18.2 Å². The molecule has 2 aliphatic rings. The number of likely N-dealkylation sites (tertiary alicyclic amines) is 2. The highest BCUT2D eigenvalue weighted by atomic mass is 35.5. The molecule has 12 heteroatoms. The second-order valence-electron chi connectivity index (χ2n) is 9.82. The second kappa shape index (κ2) is 10.8. The number of fused-ring (bicyclic) bond motifs is 1. The summed E-state index contributed by atoms with van der Waals surface area (Å²) in [6, 6.07) is 6.21. The summed E-state index contributed by atoms with van der Waals surface area (Å²) in [6.45, 7) is 4.78. The van der Waals surface area contributed by atoms with Crippen LogP contribution in [-0.4, -0.2) is 60.9 Å². The average molecular weight is 562 g/mol. The van der Waals surface area contributed by atoms with E-state index in [1.807, 2.05) is 6.92 Å². The molecule has 2 atom stereocenters. The van der Waals surface area contributed by atoms with Crippen molar-refractivity contribution in [2.45, 2.75) is 25.7 Å². The van der Waals surface area contributed by atoms with Crippen LogP contribution in [0.5, 0.6) is 0 Å². The number of hydrogen-bond donors (Lipinski definition) is 1. The summed E-state index contributed by atoms with van der Waals surface area (Å²) in [5.74, 6) is -1.01. The van der Waals surface area contributed by atoms with Gasteiger partial charge in [0.05, 0.1) is 16.7 Å². The number of halogens is 7. The number of nitrogens with one attached hydrogen (secondary N) is 1. The Morgan fingerprint density at radius 1 is 0.947 bits per heavy atom. The summed E-state index contributed by atoms with van der Waals surface area (Å²) >= 11 is 6.06. The quantitative estimate of drug-likeness (QED) is 0.374. The van der Waals surface area contributed by atoms with E-state index in [0.29, 0.717) is 55.3 Å². The van der Waals surface area contributed by atoms with Crippen molar-refractivity contribution < 1.29 is 35.9 Å². The largest absolute Gasteiger partial charge is 0.417 e. The summed E-state index contributed by atoms with van der Waals surface area (Å²) in [5, 5.41) is 3.37. The zero-order valence-corrected chi connectivity index (χ0v) is 21.2. The van der Waals surface area contributed by atoms with Crippen LogP contribution in [0, 0.1) is 18.8 Å². The Morgan fingerprint density at radius 3 is 2.18 bits per heavy atom. The van der Waals surface area contributed by atoms with E-state index in [1.165, 1.54) is 4.90 Å². The molecule has 38 heavy (non-hydrogen) atoms. The van der Waals surface area contributed by atoms with E-state index in [9.17, 15) is 35.9 Å². The van der Waals surface area contributed by atoms with E-state index in [-0.39, 0.29) is 36.9 Å². The molecule has 0 radical (unpaired) electrons. The van der Waals surface area contributed by atoms with Gasteiger partial charge in [-0.25, -0.2) is 0 Å². The lowest BCUT2D eigenvalue weighted by Crippen LogP contribution is -2.35. The molecule has 0 spiro atoms. The number of alkyl halides is 6. The third-order valence-corrected chi connectivity index (χ3v) is 7.51. The Labute approximate surface area is 220 Å². The van der Waals surface area contributed by atoms with Gasteiger partial charge in [0.25, 0.3) is 11.8 Å². The van der Waals surface area contributed by atoms with Crippen LogP contribution >= 0.6 is 11.6 Å². The average Bonchev–Trinajstić information content (AvgIpc) is 3.40. The van der Waals surface area contributed by atoms with E-state index < -0.39 is 35.0 Å². The fourth-order valence-corrected chi connectivity index (χ4v) is 5.27. The number of aryl methyl sites for hydroxylation is 1. The van der Waals surface area contributed by atoms with Crippen molar-refractivity contribution in [1.29, 1.82) is 0 Å². The Balaban J connectivity index is 1.28. The van der Waals surface area contributed by atoms with Gasteiger partial charge in [-0.1, -0.05) is 17.7 Å². The molecule has 1 N–H and O–H groups in total. The maximum atomic E-state index is 13.5. The van der Waals surface area contributed by atoms with Gasteiger partial charge < -0.3 is 15.1 Å². The lowest BCUT2D eigenvalue weighted by Gasteiger charge is -2.23. The summed E-state index contributed by atoms with van der Waals surface area (Å²) in [6.07, 6.45) is -9.36. The first-order chi connectivity index (χ1) is 17.7. The molecule has 5 nitrogen and oxygen atoms in total. The SMILES string of the molecule is Cc1ccc(C(=O)NCCCN2CC3CN(C(=O)c4ccc(C(F)(F)F)cc4C(F)(F)F)CC3C2)cc1Cl. The molecule has 2 unspecified atom stereocenters. The zero-order chi connectivity index (χ0) is 27.8. The number of carbonyl (C=O) groups is 2. The number of rotatable bonds is 6. The van der Waals surface area contributed by atoms with Crippen molar-refractivity contribution in [1.82, 2.24) is 15.1 Å². The minimum atomic E-state index is -5.10. The van der Waals surface area contributed by atoms with E-state index in [2.05, 4.69) is 10.2 Å². The number of nitrogens with zero attached hydrogens (tertiary/aromatic N) is 2. The molecule has 0 bridgehead atoms. The predicted molar refractivity (Wildman–Crippen MR) is 129 cm³/mol. The first-order valence-electron chi connectivity index (χ1n) is 12.1. The van der Waals surface area contributed by atoms with Crippen LogP contribution < -0.4 is 5.32 Å². The van der Waals surface area contributed by atoms with Gasteiger partial charge in [-0.3, -0.25) is 9.59 Å². The molecule has 0 saturated carbocycles.